The number of nitrogens with one attached hydrogen (secondary N) is 1. The number of benzene rings is 2. The van der Waals surface area contributed by atoms with Gasteiger partial charge in [0.2, 0.25) is 15.9 Å². The molecule has 3 rings (SSSR count). The van der Waals surface area contributed by atoms with Gasteiger partial charge in [-0.05, 0) is 29.8 Å². The Morgan fingerprint density at radius 2 is 1.50 bits per heavy atom. The number of hydrogen-bond donors (Lipinski definition) is 2. The Kier molecular flexibility index (Phi) is 4.58. The van der Waals surface area contributed by atoms with Gasteiger partial charge in [-0.15, -0.1) is 0 Å². The van der Waals surface area contributed by atoms with Crippen LogP contribution in [-0.2, 0) is 20.6 Å². The Balaban J connectivity index is 1.65. The Hall–Kier alpha value is -3.04. The lowest BCUT2D eigenvalue weighted by Gasteiger charge is -2.13. The highest BCUT2D eigenvalue weighted by atomic mass is 32.2. The molecule has 0 saturated heterocycles. The van der Waals surface area contributed by atoms with Gasteiger partial charge in [-0.25, -0.2) is 13.6 Å². The molecular formula is C17H15N3O5S. The summed E-state index contributed by atoms with van der Waals surface area (Å²) in [7, 11) is -3.64. The first-order valence-corrected chi connectivity index (χ1v) is 9.30. The van der Waals surface area contributed by atoms with Crippen molar-refractivity contribution in [2.45, 2.75) is 5.75 Å². The average molecular weight is 373 g/mol. The van der Waals surface area contributed by atoms with Gasteiger partial charge < -0.3 is 5.32 Å². The van der Waals surface area contributed by atoms with E-state index in [9.17, 15) is 22.8 Å². The van der Waals surface area contributed by atoms with Crippen molar-refractivity contribution in [2.24, 2.45) is 5.14 Å². The number of amides is 3. The average Bonchev–Trinajstić information content (AvgIpc) is 2.81. The summed E-state index contributed by atoms with van der Waals surface area (Å²) < 4.78 is 22.1. The van der Waals surface area contributed by atoms with Crippen LogP contribution in [0.3, 0.4) is 0 Å². The molecule has 0 aliphatic carbocycles. The summed E-state index contributed by atoms with van der Waals surface area (Å²) in [6.07, 6.45) is 0. The zero-order valence-electron chi connectivity index (χ0n) is 13.5. The molecule has 1 heterocycles. The predicted octanol–water partition coefficient (Wildman–Crippen LogP) is 0.710. The molecule has 0 fully saturated rings. The molecule has 0 spiro atoms. The number of anilines is 1. The number of imide groups is 1. The molecule has 0 aromatic heterocycles. The molecule has 2 aromatic rings. The van der Waals surface area contributed by atoms with E-state index in [1.54, 1.807) is 12.1 Å². The molecule has 9 heteroatoms. The standard InChI is InChI=1S/C17H15N3O5S/c18-26(24,25)10-11-5-7-12(8-6-11)19-15(21)9-20-16(22)13-3-1-2-4-14(13)17(20)23/h1-8H,9-10H2,(H,19,21)(H2,18,24,25). The van der Waals surface area contributed by atoms with Crippen LogP contribution in [0, 0.1) is 0 Å². The van der Waals surface area contributed by atoms with Crippen LogP contribution >= 0.6 is 0 Å². The highest BCUT2D eigenvalue weighted by Gasteiger charge is 2.36. The molecule has 0 bridgehead atoms. The van der Waals surface area contributed by atoms with Crippen LogP contribution in [0.15, 0.2) is 48.5 Å². The maximum absolute atomic E-state index is 12.2. The highest BCUT2D eigenvalue weighted by molar-refractivity contribution is 7.88. The van der Waals surface area contributed by atoms with Crippen LogP contribution in [0.4, 0.5) is 5.69 Å². The van der Waals surface area contributed by atoms with Gasteiger partial charge in [-0.3, -0.25) is 19.3 Å². The van der Waals surface area contributed by atoms with E-state index in [0.29, 0.717) is 11.3 Å². The largest absolute Gasteiger partial charge is 0.325 e. The minimum Gasteiger partial charge on any atom is -0.325 e. The molecule has 134 valence electrons. The molecule has 26 heavy (non-hydrogen) atoms. The second-order valence-corrected chi connectivity index (χ2v) is 7.41. The van der Waals surface area contributed by atoms with Gasteiger partial charge in [0.1, 0.15) is 6.54 Å². The summed E-state index contributed by atoms with van der Waals surface area (Å²) >= 11 is 0. The van der Waals surface area contributed by atoms with Crippen LogP contribution in [0.5, 0.6) is 0 Å². The van der Waals surface area contributed by atoms with E-state index in [0.717, 1.165) is 4.90 Å². The monoisotopic (exact) mass is 373 g/mol. The van der Waals surface area contributed by atoms with Crippen molar-refractivity contribution in [1.82, 2.24) is 4.90 Å². The van der Waals surface area contributed by atoms with Crippen molar-refractivity contribution in [1.29, 1.82) is 0 Å². The fraction of sp³-hybridized carbons (Fsp3) is 0.118. The first kappa shape index (κ1) is 17.8. The van der Waals surface area contributed by atoms with Crippen molar-refractivity contribution in [3.05, 3.63) is 65.2 Å². The number of fused-ring (bicyclic) bond motifs is 1. The smallest absolute Gasteiger partial charge is 0.262 e. The summed E-state index contributed by atoms with van der Waals surface area (Å²) in [5.41, 5.74) is 1.44. The SMILES string of the molecule is NS(=O)(=O)Cc1ccc(NC(=O)CN2C(=O)c3ccccc3C2=O)cc1. The number of sulfonamides is 1. The van der Waals surface area contributed by atoms with Gasteiger partial charge in [-0.2, -0.15) is 0 Å². The molecule has 3 amide bonds. The third kappa shape index (κ3) is 3.79. The quantitative estimate of drug-likeness (QED) is 0.746. The second-order valence-electron chi connectivity index (χ2n) is 5.79. The van der Waals surface area contributed by atoms with E-state index >= 15 is 0 Å². The van der Waals surface area contributed by atoms with Crippen LogP contribution in [0.2, 0.25) is 0 Å². The topological polar surface area (TPSA) is 127 Å². The highest BCUT2D eigenvalue weighted by Crippen LogP contribution is 2.22. The van der Waals surface area contributed by atoms with E-state index in [1.165, 1.54) is 36.4 Å². The molecule has 3 N–H and O–H groups in total. The number of nitrogens with zero attached hydrogens (tertiary/aromatic N) is 1. The number of carbonyl (C=O) groups is 3. The van der Waals surface area contributed by atoms with E-state index in [-0.39, 0.29) is 16.9 Å². The van der Waals surface area contributed by atoms with Crippen molar-refractivity contribution in [2.75, 3.05) is 11.9 Å². The van der Waals surface area contributed by atoms with E-state index < -0.39 is 34.3 Å². The lowest BCUT2D eigenvalue weighted by Crippen LogP contribution is -2.37. The van der Waals surface area contributed by atoms with Gasteiger partial charge in [-0.1, -0.05) is 24.3 Å². The molecule has 0 atom stereocenters. The van der Waals surface area contributed by atoms with E-state index in [2.05, 4.69) is 5.32 Å². The number of rotatable bonds is 5. The maximum Gasteiger partial charge on any atom is 0.262 e. The molecule has 8 nitrogen and oxygen atoms in total. The first-order valence-electron chi connectivity index (χ1n) is 7.59. The van der Waals surface area contributed by atoms with Crippen molar-refractivity contribution >= 4 is 33.4 Å². The third-order valence-corrected chi connectivity index (χ3v) is 4.52. The van der Waals surface area contributed by atoms with Crippen molar-refractivity contribution in [3.63, 3.8) is 0 Å². The van der Waals surface area contributed by atoms with E-state index in [1.807, 2.05) is 0 Å². The summed E-state index contributed by atoms with van der Waals surface area (Å²) in [6, 6.07) is 12.4. The van der Waals surface area contributed by atoms with Crippen LogP contribution < -0.4 is 10.5 Å². The summed E-state index contributed by atoms with van der Waals surface area (Å²) in [5, 5.41) is 7.53. The molecule has 0 radical (unpaired) electrons. The first-order chi connectivity index (χ1) is 12.2. The van der Waals surface area contributed by atoms with Crippen molar-refractivity contribution < 1.29 is 22.8 Å². The lowest BCUT2D eigenvalue weighted by molar-refractivity contribution is -0.116. The zero-order chi connectivity index (χ0) is 18.9. The lowest BCUT2D eigenvalue weighted by atomic mass is 10.1. The normalized spacial score (nSPS) is 13.7. The number of hydrogen-bond acceptors (Lipinski definition) is 5. The van der Waals surface area contributed by atoms with Crippen molar-refractivity contribution in [3.8, 4) is 0 Å². The summed E-state index contributed by atoms with van der Waals surface area (Å²) in [5.74, 6) is -1.87. The van der Waals surface area contributed by atoms with Crippen LogP contribution in [-0.4, -0.2) is 37.6 Å². The van der Waals surface area contributed by atoms with Gasteiger partial charge in [0.25, 0.3) is 11.8 Å². The van der Waals surface area contributed by atoms with Gasteiger partial charge >= 0.3 is 0 Å². The molecule has 1 aliphatic heterocycles. The minimum atomic E-state index is -3.64. The van der Waals surface area contributed by atoms with Gasteiger partial charge in [0.15, 0.2) is 0 Å². The fourth-order valence-corrected chi connectivity index (χ4v) is 3.30. The third-order valence-electron chi connectivity index (χ3n) is 3.79. The molecule has 0 unspecified atom stereocenters. The molecule has 2 aromatic carbocycles. The number of carbonyl (C=O) groups excluding carboxylic acids is 3. The Labute approximate surface area is 149 Å². The molecule has 0 saturated carbocycles. The second kappa shape index (κ2) is 6.70. The fourth-order valence-electron chi connectivity index (χ4n) is 2.64. The summed E-state index contributed by atoms with van der Waals surface area (Å²) in [6.45, 7) is -0.411. The minimum absolute atomic E-state index is 0.276. The Bertz CT molecular complexity index is 964. The molecular weight excluding hydrogens is 358 g/mol. The Morgan fingerprint density at radius 3 is 2.00 bits per heavy atom. The van der Waals surface area contributed by atoms with Gasteiger partial charge in [0.05, 0.1) is 16.9 Å². The molecule has 1 aliphatic rings. The summed E-state index contributed by atoms with van der Waals surface area (Å²) in [4.78, 5) is 37.5. The maximum atomic E-state index is 12.2. The van der Waals surface area contributed by atoms with Gasteiger partial charge in [0, 0.05) is 5.69 Å². The van der Waals surface area contributed by atoms with Crippen LogP contribution in [0.1, 0.15) is 26.3 Å². The van der Waals surface area contributed by atoms with E-state index in [4.69, 9.17) is 5.14 Å². The number of primary sulfonamides is 1. The Morgan fingerprint density at radius 1 is 0.962 bits per heavy atom. The number of nitrogens with two attached hydrogens (primary N) is 1. The predicted molar refractivity (Wildman–Crippen MR) is 93.7 cm³/mol. The van der Waals surface area contributed by atoms with Crippen LogP contribution in [0.25, 0.3) is 0 Å². The zero-order valence-corrected chi connectivity index (χ0v) is 14.3.